The first-order valence-electron chi connectivity index (χ1n) is 4.08. The zero-order valence-corrected chi connectivity index (χ0v) is 8.16. The third-order valence-electron chi connectivity index (χ3n) is 1.93. The molecule has 0 atom stereocenters. The van der Waals surface area contributed by atoms with E-state index in [-0.39, 0.29) is 39.2 Å². The lowest BCUT2D eigenvalue weighted by Gasteiger charge is -2.19. The van der Waals surface area contributed by atoms with Crippen molar-refractivity contribution in [2.24, 2.45) is 0 Å². The Morgan fingerprint density at radius 2 is 1.47 bits per heavy atom. The molecule has 0 saturated carbocycles. The Hall–Kier alpha value is -1.25. The van der Waals surface area contributed by atoms with Crippen LogP contribution in [0.3, 0.4) is 0 Å². The number of benzene rings is 1. The Morgan fingerprint density at radius 3 is 1.80 bits per heavy atom. The van der Waals surface area contributed by atoms with E-state index in [4.69, 9.17) is 31.4 Å². The smallest absolute Gasteiger partial charge is 0.221 e. The van der Waals surface area contributed by atoms with Crippen molar-refractivity contribution in [2.75, 3.05) is 5.32 Å². The molecule has 66 valence electrons. The summed E-state index contributed by atoms with van der Waals surface area (Å²) in [7, 11) is 22.1. The molecule has 0 saturated heterocycles. The molecule has 1 aromatic rings. The maximum atomic E-state index is 10.9. The summed E-state index contributed by atoms with van der Waals surface area (Å²) in [5, 5.41) is 11.8. The number of hydrogen-bond donors (Lipinski definition) is 2. The van der Waals surface area contributed by atoms with Crippen LogP contribution >= 0.6 is 0 Å². The zero-order chi connectivity index (χ0) is 11.7. The highest BCUT2D eigenvalue weighted by molar-refractivity contribution is 6.61. The van der Waals surface area contributed by atoms with Gasteiger partial charge in [0.15, 0.2) is 0 Å². The average Bonchev–Trinajstić information content (AvgIpc) is 2.18. The number of phenols is 1. The second kappa shape index (κ2) is 4.09. The Bertz CT molecular complexity index is 404. The summed E-state index contributed by atoms with van der Waals surface area (Å²) in [6.45, 7) is 1.29. The van der Waals surface area contributed by atoms with Gasteiger partial charge in [0.05, 0.1) is 5.75 Å². The number of phenolic OH excluding ortho intramolecular Hbond substituents is 1. The van der Waals surface area contributed by atoms with Crippen LogP contribution in [-0.2, 0) is 4.79 Å². The quantitative estimate of drug-likeness (QED) is 0.357. The van der Waals surface area contributed by atoms with Crippen molar-refractivity contribution in [3.8, 4) is 5.75 Å². The molecule has 0 bridgehead atoms. The van der Waals surface area contributed by atoms with Gasteiger partial charge in [0.1, 0.15) is 31.4 Å². The number of anilines is 1. The Labute approximate surface area is 93.3 Å². The highest BCUT2D eigenvalue weighted by Gasteiger charge is 2.12. The summed E-state index contributed by atoms with van der Waals surface area (Å²) < 4.78 is 0. The van der Waals surface area contributed by atoms with Crippen molar-refractivity contribution in [1.82, 2.24) is 0 Å². The third kappa shape index (κ3) is 2.06. The van der Waals surface area contributed by atoms with Gasteiger partial charge >= 0.3 is 0 Å². The monoisotopic (exact) mass is 191 g/mol. The summed E-state index contributed by atoms with van der Waals surface area (Å²) >= 11 is 0. The van der Waals surface area contributed by atoms with Crippen molar-refractivity contribution in [3.63, 3.8) is 0 Å². The molecule has 0 heterocycles. The summed E-state index contributed by atoms with van der Waals surface area (Å²) in [5.41, 5.74) is -0.102. The molecule has 0 unspecified atom stereocenters. The molecule has 0 spiro atoms. The second-order valence-corrected chi connectivity index (χ2v) is 3.06. The standard InChI is InChI=1S/C8H5B4NO2/c1-2(14)13-7-3(9)5(11)8(15)6(12)4(7)10/h15H,1H3,(H,13,14). The van der Waals surface area contributed by atoms with E-state index in [2.05, 4.69) is 5.32 Å². The molecule has 1 rings (SSSR count). The number of carbonyl (C=O) groups excluding carboxylic acids is 1. The van der Waals surface area contributed by atoms with Gasteiger partial charge in [-0.3, -0.25) is 4.79 Å². The third-order valence-corrected chi connectivity index (χ3v) is 1.93. The van der Waals surface area contributed by atoms with Gasteiger partial charge < -0.3 is 10.4 Å². The van der Waals surface area contributed by atoms with Gasteiger partial charge in [0.2, 0.25) is 5.91 Å². The van der Waals surface area contributed by atoms with E-state index in [1.807, 2.05) is 0 Å². The van der Waals surface area contributed by atoms with Crippen LogP contribution in [0.1, 0.15) is 6.92 Å². The van der Waals surface area contributed by atoms with Crippen LogP contribution in [0.25, 0.3) is 0 Å². The Balaban J connectivity index is 3.45. The van der Waals surface area contributed by atoms with E-state index in [1.165, 1.54) is 6.92 Å². The van der Waals surface area contributed by atoms with Crippen LogP contribution in [0, 0.1) is 0 Å². The van der Waals surface area contributed by atoms with Gasteiger partial charge in [-0.15, -0.1) is 0 Å². The number of nitrogens with one attached hydrogen (secondary N) is 1. The van der Waals surface area contributed by atoms with E-state index >= 15 is 0 Å². The predicted octanol–water partition coefficient (Wildman–Crippen LogP) is -3.47. The van der Waals surface area contributed by atoms with Gasteiger partial charge in [0, 0.05) is 12.6 Å². The molecule has 0 aliphatic carbocycles. The van der Waals surface area contributed by atoms with Gasteiger partial charge in [0.25, 0.3) is 0 Å². The molecule has 0 fully saturated rings. The van der Waals surface area contributed by atoms with Gasteiger partial charge in [-0.1, -0.05) is 21.9 Å². The van der Waals surface area contributed by atoms with Crippen LogP contribution in [0.4, 0.5) is 5.69 Å². The molecule has 3 nitrogen and oxygen atoms in total. The number of rotatable bonds is 1. The lowest BCUT2D eigenvalue weighted by atomic mass is 9.68. The highest BCUT2D eigenvalue weighted by Crippen LogP contribution is 2.01. The average molecular weight is 190 g/mol. The number of aromatic hydroxyl groups is 1. The van der Waals surface area contributed by atoms with Crippen LogP contribution in [-0.4, -0.2) is 42.4 Å². The van der Waals surface area contributed by atoms with E-state index in [0.717, 1.165) is 0 Å². The minimum Gasteiger partial charge on any atom is -0.509 e. The van der Waals surface area contributed by atoms with Crippen LogP contribution < -0.4 is 27.2 Å². The molecule has 0 aromatic heterocycles. The van der Waals surface area contributed by atoms with Crippen molar-refractivity contribution < 1.29 is 9.90 Å². The lowest BCUT2D eigenvalue weighted by molar-refractivity contribution is -0.114. The summed E-state index contributed by atoms with van der Waals surface area (Å²) in [6.07, 6.45) is 0. The number of hydrogen-bond acceptors (Lipinski definition) is 2. The van der Waals surface area contributed by atoms with Gasteiger partial charge in [-0.25, -0.2) is 0 Å². The molecular weight excluding hydrogens is 185 g/mol. The molecule has 8 radical (unpaired) electrons. The zero-order valence-electron chi connectivity index (χ0n) is 8.16. The summed E-state index contributed by atoms with van der Waals surface area (Å²) in [4.78, 5) is 10.9. The van der Waals surface area contributed by atoms with E-state index < -0.39 is 0 Å². The maximum Gasteiger partial charge on any atom is 0.221 e. The fourth-order valence-electron chi connectivity index (χ4n) is 1.13. The summed E-state index contributed by atoms with van der Waals surface area (Å²) in [5.74, 6) is -0.739. The normalized spacial score (nSPS) is 9.93. The van der Waals surface area contributed by atoms with Crippen LogP contribution in [0.2, 0.25) is 0 Å². The van der Waals surface area contributed by atoms with Gasteiger partial charge in [-0.05, 0) is 0 Å². The molecule has 1 amide bonds. The molecule has 0 aliphatic heterocycles. The predicted molar refractivity (Wildman–Crippen MR) is 64.0 cm³/mol. The maximum absolute atomic E-state index is 10.9. The first-order valence-corrected chi connectivity index (χ1v) is 4.08. The Kier molecular flexibility index (Phi) is 3.22. The molecular formula is C8H5B4NO2. The van der Waals surface area contributed by atoms with E-state index in [9.17, 15) is 9.90 Å². The molecule has 7 heteroatoms. The lowest BCUT2D eigenvalue weighted by Crippen LogP contribution is -2.43. The van der Waals surface area contributed by atoms with E-state index in [1.54, 1.807) is 0 Å². The minimum absolute atomic E-state index is 0.00519. The molecule has 1 aromatic carbocycles. The van der Waals surface area contributed by atoms with Crippen LogP contribution in [0.5, 0.6) is 5.75 Å². The minimum atomic E-state index is -0.376. The van der Waals surface area contributed by atoms with Gasteiger partial charge in [-0.2, -0.15) is 0 Å². The second-order valence-electron chi connectivity index (χ2n) is 3.06. The van der Waals surface area contributed by atoms with Crippen molar-refractivity contribution >= 4 is 64.8 Å². The van der Waals surface area contributed by atoms with E-state index in [0.29, 0.717) is 0 Å². The number of amides is 1. The SMILES string of the molecule is [B]c1c([B])c(NC(C)=O)c([B])c([B])c1O. The van der Waals surface area contributed by atoms with Crippen molar-refractivity contribution in [3.05, 3.63) is 0 Å². The number of carbonyl (C=O) groups is 1. The fraction of sp³-hybridized carbons (Fsp3) is 0.125. The summed E-state index contributed by atoms with van der Waals surface area (Å²) in [6, 6.07) is 0. The topological polar surface area (TPSA) is 49.3 Å². The first-order chi connectivity index (χ1) is 6.86. The molecule has 15 heavy (non-hydrogen) atoms. The highest BCUT2D eigenvalue weighted by atomic mass is 16.3. The van der Waals surface area contributed by atoms with Crippen LogP contribution in [0.15, 0.2) is 0 Å². The van der Waals surface area contributed by atoms with Crippen molar-refractivity contribution in [1.29, 1.82) is 0 Å². The molecule has 2 N–H and O–H groups in total. The first kappa shape index (κ1) is 11.8. The largest absolute Gasteiger partial charge is 0.509 e. The van der Waals surface area contributed by atoms with Crippen molar-refractivity contribution in [2.45, 2.75) is 6.92 Å². The fourth-order valence-corrected chi connectivity index (χ4v) is 1.13. The molecule has 0 aliphatic rings. The Morgan fingerprint density at radius 1 is 1.07 bits per heavy atom.